The number of hydrogen-bond donors (Lipinski definition) is 1. The highest BCUT2D eigenvalue weighted by Gasteiger charge is 2.17. The van der Waals surface area contributed by atoms with E-state index in [0.29, 0.717) is 0 Å². The molecule has 2 amide bonds. The van der Waals surface area contributed by atoms with E-state index in [1.54, 1.807) is 16.7 Å². The van der Waals surface area contributed by atoms with Crippen molar-refractivity contribution >= 4 is 52.4 Å². The quantitative estimate of drug-likeness (QED) is 0.451. The maximum Gasteiger partial charge on any atom is 0.237 e. The van der Waals surface area contributed by atoms with Crippen LogP contribution in [0.2, 0.25) is 0 Å². The number of carbonyl (C=O) groups excluding carboxylic acids is 2. The predicted molar refractivity (Wildman–Crippen MR) is 109 cm³/mol. The molecule has 1 aromatic carbocycles. The van der Waals surface area contributed by atoms with Gasteiger partial charge < -0.3 is 10.6 Å². The number of anilines is 1. The minimum Gasteiger partial charge on any atom is -0.370 e. The summed E-state index contributed by atoms with van der Waals surface area (Å²) in [5, 5.41) is 8.29. The summed E-state index contributed by atoms with van der Waals surface area (Å²) in [6.45, 7) is 2.43. The van der Waals surface area contributed by atoms with Crippen molar-refractivity contribution in [2.45, 2.75) is 34.9 Å². The molecule has 2 aromatic rings. The van der Waals surface area contributed by atoms with E-state index in [0.717, 1.165) is 33.0 Å². The zero-order valence-corrected chi connectivity index (χ0v) is 17.0. The Morgan fingerprint density at radius 2 is 1.85 bits per heavy atom. The van der Waals surface area contributed by atoms with E-state index < -0.39 is 5.91 Å². The number of nitrogens with two attached hydrogens (primary N) is 1. The van der Waals surface area contributed by atoms with Gasteiger partial charge in [-0.15, -0.1) is 10.2 Å². The molecule has 0 atom stereocenters. The summed E-state index contributed by atoms with van der Waals surface area (Å²) >= 11 is 4.58. The normalized spacial score (nSPS) is 10.7. The van der Waals surface area contributed by atoms with Crippen molar-refractivity contribution < 1.29 is 9.59 Å². The van der Waals surface area contributed by atoms with Crippen molar-refractivity contribution in [1.29, 1.82) is 0 Å². The van der Waals surface area contributed by atoms with E-state index in [-0.39, 0.29) is 24.6 Å². The van der Waals surface area contributed by atoms with E-state index in [1.807, 2.05) is 30.3 Å². The van der Waals surface area contributed by atoms with Gasteiger partial charge in [0.1, 0.15) is 0 Å². The number of thioether (sulfide) groups is 2. The highest BCUT2D eigenvalue weighted by atomic mass is 32.2. The fourth-order valence-electron chi connectivity index (χ4n) is 2.05. The van der Waals surface area contributed by atoms with Gasteiger partial charge in [0.15, 0.2) is 8.68 Å². The van der Waals surface area contributed by atoms with Crippen molar-refractivity contribution in [2.75, 3.05) is 23.0 Å². The van der Waals surface area contributed by atoms with Gasteiger partial charge in [-0.1, -0.05) is 66.4 Å². The highest BCUT2D eigenvalue weighted by Crippen LogP contribution is 2.29. The minimum absolute atomic E-state index is 0.0853. The first kappa shape index (κ1) is 20.7. The number of rotatable bonds is 11. The number of aromatic nitrogens is 2. The molecule has 0 aliphatic carbocycles. The molecule has 9 heteroatoms. The number of amides is 2. The third-order valence-corrected chi connectivity index (χ3v) is 6.64. The number of nitrogens with zero attached hydrogens (tertiary/aromatic N) is 3. The first-order valence-electron chi connectivity index (χ1n) is 8.33. The van der Waals surface area contributed by atoms with Crippen LogP contribution in [0, 0.1) is 0 Å². The Labute approximate surface area is 165 Å². The second kappa shape index (κ2) is 11.2. The molecule has 1 aromatic heterocycles. The molecule has 1 heterocycles. The molecule has 0 bridgehead atoms. The van der Waals surface area contributed by atoms with Crippen LogP contribution < -0.4 is 10.6 Å². The lowest BCUT2D eigenvalue weighted by Gasteiger charge is -2.22. The van der Waals surface area contributed by atoms with Crippen LogP contribution in [0.3, 0.4) is 0 Å². The van der Waals surface area contributed by atoms with Gasteiger partial charge in [0.05, 0.1) is 5.75 Å². The molecule has 140 valence electrons. The molecule has 0 aliphatic rings. The van der Waals surface area contributed by atoms with Crippen LogP contribution in [0.5, 0.6) is 0 Å². The molecule has 0 aliphatic heterocycles. The molecule has 0 saturated heterocycles. The molecule has 0 fully saturated rings. The summed E-state index contributed by atoms with van der Waals surface area (Å²) in [5.74, 6) is 0.757. The summed E-state index contributed by atoms with van der Waals surface area (Å²) in [6.07, 6.45) is 2.43. The monoisotopic (exact) mass is 410 g/mol. The molecule has 0 unspecified atom stereocenters. The largest absolute Gasteiger partial charge is 0.370 e. The second-order valence-corrected chi connectivity index (χ2v) is 8.96. The van der Waals surface area contributed by atoms with Crippen LogP contribution in [-0.4, -0.2) is 40.1 Å². The number of carbonyl (C=O) groups is 2. The first-order chi connectivity index (χ1) is 12.6. The number of primary amides is 1. The van der Waals surface area contributed by atoms with Crippen molar-refractivity contribution in [1.82, 2.24) is 10.2 Å². The third-order valence-electron chi connectivity index (χ3n) is 3.38. The van der Waals surface area contributed by atoms with Crippen molar-refractivity contribution in [3.05, 3.63) is 30.3 Å². The van der Waals surface area contributed by atoms with E-state index in [2.05, 4.69) is 17.1 Å². The summed E-state index contributed by atoms with van der Waals surface area (Å²) in [7, 11) is 0. The van der Waals surface area contributed by atoms with E-state index >= 15 is 0 Å². The summed E-state index contributed by atoms with van der Waals surface area (Å²) in [6, 6.07) is 9.29. The smallest absolute Gasteiger partial charge is 0.237 e. The fourth-order valence-corrected chi connectivity index (χ4v) is 5.10. The Balaban J connectivity index is 1.93. The molecule has 2 rings (SSSR count). The molecule has 6 nitrogen and oxygen atoms in total. The van der Waals surface area contributed by atoms with Crippen molar-refractivity contribution in [3.63, 3.8) is 0 Å². The summed E-state index contributed by atoms with van der Waals surface area (Å²) < 4.78 is 1.71. The predicted octanol–water partition coefficient (Wildman–Crippen LogP) is 3.43. The molecule has 0 saturated carbocycles. The van der Waals surface area contributed by atoms with Crippen molar-refractivity contribution in [3.8, 4) is 0 Å². The van der Waals surface area contributed by atoms with Gasteiger partial charge in [-0.2, -0.15) is 0 Å². The lowest BCUT2D eigenvalue weighted by atomic mass is 10.2. The molecule has 26 heavy (non-hydrogen) atoms. The van der Waals surface area contributed by atoms with Gasteiger partial charge in [-0.05, 0) is 18.6 Å². The Kier molecular flexibility index (Phi) is 8.93. The Morgan fingerprint density at radius 3 is 2.50 bits per heavy atom. The molecular formula is C17H22N4O2S3. The Morgan fingerprint density at radius 1 is 1.15 bits per heavy atom. The van der Waals surface area contributed by atoms with Gasteiger partial charge in [0.25, 0.3) is 0 Å². The van der Waals surface area contributed by atoms with Gasteiger partial charge >= 0.3 is 0 Å². The van der Waals surface area contributed by atoms with Crippen LogP contribution in [0.4, 0.5) is 5.69 Å². The summed E-state index contributed by atoms with van der Waals surface area (Å²) in [5.41, 5.74) is 5.99. The number of unbranched alkanes of at least 4 members (excludes halogenated alkanes) is 1. The van der Waals surface area contributed by atoms with Gasteiger partial charge in [0, 0.05) is 24.4 Å². The van der Waals surface area contributed by atoms with Crippen LogP contribution in [0.1, 0.15) is 26.2 Å². The van der Waals surface area contributed by atoms with E-state index in [1.165, 1.54) is 23.1 Å². The fraction of sp³-hybridized carbons (Fsp3) is 0.412. The average Bonchev–Trinajstić information content (AvgIpc) is 3.09. The standard InChI is InChI=1S/C17H22N4O2S3/c1-2-3-11-24-16-19-20-17(26-16)25-12-15(23)21(10-9-14(18)22)13-7-5-4-6-8-13/h4-8H,2-3,9-12H2,1H3,(H2,18,22). The molecule has 0 spiro atoms. The maximum absolute atomic E-state index is 12.7. The van der Waals surface area contributed by atoms with Crippen LogP contribution in [-0.2, 0) is 9.59 Å². The lowest BCUT2D eigenvalue weighted by Crippen LogP contribution is -2.35. The minimum atomic E-state index is -0.427. The number of benzene rings is 1. The topological polar surface area (TPSA) is 89.2 Å². The maximum atomic E-state index is 12.7. The summed E-state index contributed by atoms with van der Waals surface area (Å²) in [4.78, 5) is 25.4. The highest BCUT2D eigenvalue weighted by molar-refractivity contribution is 8.03. The van der Waals surface area contributed by atoms with Crippen LogP contribution >= 0.6 is 34.9 Å². The molecule has 2 N–H and O–H groups in total. The van der Waals surface area contributed by atoms with E-state index in [4.69, 9.17) is 5.73 Å². The zero-order chi connectivity index (χ0) is 18.8. The van der Waals surface area contributed by atoms with E-state index in [9.17, 15) is 9.59 Å². The molecular weight excluding hydrogens is 388 g/mol. The first-order valence-corrected chi connectivity index (χ1v) is 11.1. The SMILES string of the molecule is CCCCSc1nnc(SCC(=O)N(CCC(N)=O)c2ccccc2)s1. The Hall–Kier alpha value is -1.58. The second-order valence-electron chi connectivity index (χ2n) is 5.42. The third kappa shape index (κ3) is 6.97. The lowest BCUT2D eigenvalue weighted by molar-refractivity contribution is -0.118. The van der Waals surface area contributed by atoms with Gasteiger partial charge in [-0.25, -0.2) is 0 Å². The molecule has 0 radical (unpaired) electrons. The van der Waals surface area contributed by atoms with Gasteiger partial charge in [-0.3, -0.25) is 9.59 Å². The average molecular weight is 411 g/mol. The van der Waals surface area contributed by atoms with Crippen molar-refractivity contribution in [2.24, 2.45) is 5.73 Å². The zero-order valence-electron chi connectivity index (χ0n) is 14.6. The number of para-hydroxylation sites is 1. The number of hydrogen-bond acceptors (Lipinski definition) is 7. The Bertz CT molecular complexity index is 709. The van der Waals surface area contributed by atoms with Gasteiger partial charge in [0.2, 0.25) is 11.8 Å². The van der Waals surface area contributed by atoms with Crippen LogP contribution in [0.25, 0.3) is 0 Å². The van der Waals surface area contributed by atoms with Crippen LogP contribution in [0.15, 0.2) is 39.0 Å².